The fourth-order valence-electron chi connectivity index (χ4n) is 5.50. The van der Waals surface area contributed by atoms with Crippen LogP contribution in [0.3, 0.4) is 0 Å². The molecule has 5 atom stereocenters. The largest absolute Gasteiger partial charge is 0.589 e. The lowest BCUT2D eigenvalue weighted by atomic mass is 9.96. The molecule has 1 saturated heterocycles. The zero-order chi connectivity index (χ0) is 35.1. The minimum Gasteiger partial charge on any atom is -0.395 e. The minimum absolute atomic E-state index is 0.0335. The Labute approximate surface area is 296 Å². The van der Waals surface area contributed by atoms with Gasteiger partial charge in [-0.3, -0.25) is 0 Å². The molecule has 5 aromatic rings. The van der Waals surface area contributed by atoms with Crippen LogP contribution in [0.4, 0.5) is 0 Å². The van der Waals surface area contributed by atoms with Crippen LogP contribution in [-0.2, 0) is 47.9 Å². The van der Waals surface area contributed by atoms with Crippen molar-refractivity contribution in [2.45, 2.75) is 50.5 Å². The van der Waals surface area contributed by atoms with E-state index in [1.807, 2.05) is 91.0 Å². The van der Waals surface area contributed by atoms with Gasteiger partial charge in [0.25, 0.3) is 0 Å². The number of ether oxygens (including phenoxy) is 4. The highest BCUT2D eigenvalue weighted by molar-refractivity contribution is 7.49. The van der Waals surface area contributed by atoms with Crippen molar-refractivity contribution < 1.29 is 37.1 Å². The summed E-state index contributed by atoms with van der Waals surface area (Å²) in [5, 5.41) is 4.08. The first-order chi connectivity index (χ1) is 25.1. The van der Waals surface area contributed by atoms with Crippen molar-refractivity contribution in [3.05, 3.63) is 179 Å². The van der Waals surface area contributed by atoms with E-state index in [0.717, 1.165) is 16.7 Å². The Morgan fingerprint density at radius 1 is 0.608 bits per heavy atom. The molecule has 0 saturated carbocycles. The molecular weight excluding hydrogens is 669 g/mol. The molecule has 1 unspecified atom stereocenters. The molecule has 0 bridgehead atoms. The molecule has 1 fully saturated rings. The van der Waals surface area contributed by atoms with Crippen molar-refractivity contribution in [3.8, 4) is 11.5 Å². The lowest BCUT2D eigenvalue weighted by molar-refractivity contribution is -0.268. The predicted octanol–water partition coefficient (Wildman–Crippen LogP) is 9.06. The summed E-state index contributed by atoms with van der Waals surface area (Å²) < 4.78 is 58.3. The zero-order valence-electron chi connectivity index (χ0n) is 27.7. The van der Waals surface area contributed by atoms with Gasteiger partial charge in [0, 0.05) is 4.91 Å². The lowest BCUT2D eigenvalue weighted by Gasteiger charge is -2.44. The van der Waals surface area contributed by atoms with Gasteiger partial charge in [0.15, 0.2) is 6.29 Å². The summed E-state index contributed by atoms with van der Waals surface area (Å²) >= 11 is 0. The maximum atomic E-state index is 14.6. The van der Waals surface area contributed by atoms with Crippen LogP contribution in [0.25, 0.3) is 10.4 Å². The molecule has 0 N–H and O–H groups in total. The maximum Gasteiger partial charge on any atom is 0.589 e. The van der Waals surface area contributed by atoms with Crippen molar-refractivity contribution in [3.63, 3.8) is 0 Å². The van der Waals surface area contributed by atoms with Crippen molar-refractivity contribution in [1.82, 2.24) is 0 Å². The second-order valence-electron chi connectivity index (χ2n) is 11.6. The molecular formula is C39H38N3O8P. The van der Waals surface area contributed by atoms with Crippen LogP contribution in [0, 0.1) is 0 Å². The fraction of sp³-hybridized carbons (Fsp3) is 0.231. The third-order valence-electron chi connectivity index (χ3n) is 7.92. The average molecular weight is 708 g/mol. The number of nitrogens with zero attached hydrogens (tertiary/aromatic N) is 3. The first-order valence-corrected chi connectivity index (χ1v) is 17.9. The monoisotopic (exact) mass is 707 g/mol. The Kier molecular flexibility index (Phi) is 12.9. The molecule has 12 heteroatoms. The highest BCUT2D eigenvalue weighted by atomic mass is 31.2. The smallest absolute Gasteiger partial charge is 0.395 e. The van der Waals surface area contributed by atoms with Crippen molar-refractivity contribution in [2.75, 3.05) is 6.61 Å². The van der Waals surface area contributed by atoms with Crippen LogP contribution in [0.2, 0.25) is 0 Å². The molecule has 11 nitrogen and oxygen atoms in total. The number of hydrogen-bond acceptors (Lipinski definition) is 9. The third-order valence-corrected chi connectivity index (χ3v) is 9.25. The van der Waals surface area contributed by atoms with Gasteiger partial charge in [0.05, 0.1) is 26.4 Å². The summed E-state index contributed by atoms with van der Waals surface area (Å²) in [5.74, 6) is 0.466. The highest BCUT2D eigenvalue weighted by Gasteiger charge is 2.51. The first kappa shape index (κ1) is 35.9. The second-order valence-corrected chi connectivity index (χ2v) is 13.1. The number of benzene rings is 5. The Hall–Kier alpha value is -4.96. The molecule has 262 valence electrons. The van der Waals surface area contributed by atoms with E-state index in [4.69, 9.17) is 32.5 Å². The van der Waals surface area contributed by atoms with Gasteiger partial charge in [-0.25, -0.2) is 9.09 Å². The molecule has 5 aromatic carbocycles. The van der Waals surface area contributed by atoms with Crippen LogP contribution >= 0.6 is 7.82 Å². The van der Waals surface area contributed by atoms with E-state index >= 15 is 0 Å². The van der Waals surface area contributed by atoms with Crippen LogP contribution < -0.4 is 9.05 Å². The highest BCUT2D eigenvalue weighted by Crippen LogP contribution is 2.52. The molecule has 51 heavy (non-hydrogen) atoms. The lowest BCUT2D eigenvalue weighted by Crippen LogP contribution is -2.60. The fourth-order valence-corrected chi connectivity index (χ4v) is 6.81. The molecule has 0 aliphatic carbocycles. The van der Waals surface area contributed by atoms with Gasteiger partial charge in [-0.2, -0.15) is 0 Å². The molecule has 1 aliphatic heterocycles. The molecule has 1 heterocycles. The second kappa shape index (κ2) is 18.3. The normalized spacial score (nSPS) is 20.2. The summed E-state index contributed by atoms with van der Waals surface area (Å²) in [5.41, 5.74) is 12.6. The minimum atomic E-state index is -4.52. The average Bonchev–Trinajstić information content (AvgIpc) is 3.16. The predicted molar refractivity (Wildman–Crippen MR) is 191 cm³/mol. The van der Waals surface area contributed by atoms with Gasteiger partial charge >= 0.3 is 7.82 Å². The SMILES string of the molecule is [N-]=[N+]=N[C@H]1C(OP(=O)(Oc2ccccc2)Oc2ccccc2)O[C@H](COCc2ccccc2)[C@H](OCc2ccccc2)[C@@H]1OCc1ccccc1. The molecule has 0 aromatic heterocycles. The Balaban J connectivity index is 1.34. The van der Waals surface area contributed by atoms with Crippen LogP contribution in [-0.4, -0.2) is 37.3 Å². The number of para-hydroxylation sites is 2. The van der Waals surface area contributed by atoms with Gasteiger partial charge in [0.2, 0.25) is 0 Å². The summed E-state index contributed by atoms with van der Waals surface area (Å²) in [6, 6.07) is 44.7. The summed E-state index contributed by atoms with van der Waals surface area (Å²) in [6.07, 6.45) is -4.07. The van der Waals surface area contributed by atoms with Crippen molar-refractivity contribution in [2.24, 2.45) is 5.11 Å². The summed E-state index contributed by atoms with van der Waals surface area (Å²) in [4.78, 5) is 3.12. The van der Waals surface area contributed by atoms with Crippen LogP contribution in [0.15, 0.2) is 157 Å². The number of hydrogen-bond donors (Lipinski definition) is 0. The van der Waals surface area contributed by atoms with Gasteiger partial charge in [-0.1, -0.05) is 133 Å². The van der Waals surface area contributed by atoms with Gasteiger partial charge in [0.1, 0.15) is 35.9 Å². The van der Waals surface area contributed by atoms with E-state index in [-0.39, 0.29) is 31.3 Å². The van der Waals surface area contributed by atoms with Gasteiger partial charge < -0.3 is 28.0 Å². The summed E-state index contributed by atoms with van der Waals surface area (Å²) in [6.45, 7) is 0.680. The van der Waals surface area contributed by atoms with Gasteiger partial charge in [-0.15, -0.1) is 0 Å². The number of phosphoric ester groups is 1. The Morgan fingerprint density at radius 2 is 1.04 bits per heavy atom. The van der Waals surface area contributed by atoms with E-state index in [1.54, 1.807) is 60.7 Å². The standard InChI is InChI=1S/C39H38N3O8P/c40-42-41-36-38(46-28-32-20-10-3-11-21-32)37(45-27-31-18-8-2-9-19-31)35(29-44-26-30-16-6-1-7-17-30)47-39(36)50-51(43,48-33-22-12-4-13-23-33)49-34-24-14-5-15-25-34/h1-25,35-39H,26-29H2/t35-,36-,37+,38-,39?/m1/s1. The first-order valence-electron chi connectivity index (χ1n) is 16.5. The number of rotatable bonds is 17. The molecule has 6 rings (SSSR count). The van der Waals surface area contributed by atoms with E-state index in [1.165, 1.54) is 0 Å². The van der Waals surface area contributed by atoms with E-state index in [9.17, 15) is 10.1 Å². The molecule has 0 spiro atoms. The quantitative estimate of drug-likeness (QED) is 0.0405. The van der Waals surface area contributed by atoms with E-state index < -0.39 is 38.5 Å². The zero-order valence-corrected chi connectivity index (χ0v) is 28.6. The third kappa shape index (κ3) is 10.5. The van der Waals surface area contributed by atoms with Crippen molar-refractivity contribution >= 4 is 7.82 Å². The Morgan fingerprint density at radius 3 is 1.51 bits per heavy atom. The van der Waals surface area contributed by atoms with Crippen LogP contribution in [0.1, 0.15) is 16.7 Å². The Bertz CT molecular complexity index is 1810. The molecule has 0 amide bonds. The summed E-state index contributed by atoms with van der Waals surface area (Å²) in [7, 11) is -4.52. The topological polar surface area (TPSA) is 130 Å². The van der Waals surface area contributed by atoms with Crippen LogP contribution in [0.5, 0.6) is 11.5 Å². The number of phosphoric acid groups is 1. The number of azide groups is 1. The molecule has 1 aliphatic rings. The van der Waals surface area contributed by atoms with E-state index in [2.05, 4.69) is 10.0 Å². The maximum absolute atomic E-state index is 14.6. The van der Waals surface area contributed by atoms with Gasteiger partial charge in [-0.05, 0) is 46.5 Å². The van der Waals surface area contributed by atoms with Crippen molar-refractivity contribution in [1.29, 1.82) is 0 Å². The molecule has 0 radical (unpaired) electrons. The van der Waals surface area contributed by atoms with E-state index in [0.29, 0.717) is 6.61 Å².